The van der Waals surface area contributed by atoms with Crippen LogP contribution in [0.15, 0.2) is 58.5 Å². The van der Waals surface area contributed by atoms with Crippen LogP contribution in [-0.4, -0.2) is 38.8 Å². The van der Waals surface area contributed by atoms with Gasteiger partial charge in [-0.3, -0.25) is 13.9 Å². The van der Waals surface area contributed by atoms with Crippen LogP contribution in [0.5, 0.6) is 0 Å². The highest BCUT2D eigenvalue weighted by Gasteiger charge is 2.26. The van der Waals surface area contributed by atoms with Gasteiger partial charge in [0, 0.05) is 29.5 Å². The highest BCUT2D eigenvalue weighted by Crippen LogP contribution is 2.51. The van der Waals surface area contributed by atoms with E-state index < -0.39 is 16.5 Å². The first-order valence-electron chi connectivity index (χ1n) is 9.68. The maximum absolute atomic E-state index is 12.2. The molecule has 160 valence electrons. The van der Waals surface area contributed by atoms with Gasteiger partial charge in [0.15, 0.2) is 0 Å². The van der Waals surface area contributed by atoms with Crippen LogP contribution in [0.1, 0.15) is 11.1 Å². The minimum atomic E-state index is -2.89. The van der Waals surface area contributed by atoms with Crippen molar-refractivity contribution in [1.82, 2.24) is 4.98 Å². The lowest BCUT2D eigenvalue weighted by Gasteiger charge is -2.32. The Labute approximate surface area is 180 Å². The number of aryl methyl sites for hydroxylation is 1. The van der Waals surface area contributed by atoms with E-state index in [1.54, 1.807) is 18.2 Å². The number of amides is 1. The second-order valence-electron chi connectivity index (χ2n) is 7.39. The van der Waals surface area contributed by atoms with Gasteiger partial charge in [-0.2, -0.15) is 10.6 Å². The van der Waals surface area contributed by atoms with E-state index in [4.69, 9.17) is 10.5 Å². The van der Waals surface area contributed by atoms with Crippen molar-refractivity contribution in [3.63, 3.8) is 0 Å². The lowest BCUT2D eigenvalue weighted by Crippen LogP contribution is -2.26. The minimum absolute atomic E-state index is 0.191. The largest absolute Gasteiger partial charge is 0.351 e. The molecule has 0 unspecified atom stereocenters. The predicted octanol–water partition coefficient (Wildman–Crippen LogP) is 4.92. The first-order chi connectivity index (χ1) is 14.9. The molecule has 1 aliphatic heterocycles. The molecule has 9 nitrogen and oxygen atoms in total. The molecule has 3 aromatic rings. The van der Waals surface area contributed by atoms with E-state index in [1.807, 2.05) is 42.2 Å². The molecule has 2 aromatic carbocycles. The number of nitrogens with one attached hydrogen (secondary N) is 1. The number of fused-ring (bicyclic) bond motifs is 2. The third-order valence-electron chi connectivity index (χ3n) is 5.16. The van der Waals surface area contributed by atoms with Crippen molar-refractivity contribution in [3.8, 4) is 0 Å². The summed E-state index contributed by atoms with van der Waals surface area (Å²) in [6.45, 7) is 2.50. The van der Waals surface area contributed by atoms with Crippen LogP contribution in [0.2, 0.25) is 0 Å². The van der Waals surface area contributed by atoms with E-state index in [0.717, 1.165) is 16.5 Å². The fourth-order valence-electron chi connectivity index (χ4n) is 3.66. The molecule has 3 N–H and O–H groups in total. The van der Waals surface area contributed by atoms with Crippen molar-refractivity contribution in [1.29, 1.82) is 0 Å². The summed E-state index contributed by atoms with van der Waals surface area (Å²) in [5, 5.41) is 6.91. The molecule has 0 atom stereocenters. The van der Waals surface area contributed by atoms with E-state index in [0.29, 0.717) is 35.0 Å². The van der Waals surface area contributed by atoms with Gasteiger partial charge in [0.25, 0.3) is 0 Å². The smallest absolute Gasteiger partial charge is 0.230 e. The average molecular weight is 439 g/mol. The number of hydrogen-bond donors (Lipinski definition) is 3. The van der Waals surface area contributed by atoms with Crippen molar-refractivity contribution in [3.05, 3.63) is 70.1 Å². The van der Waals surface area contributed by atoms with Crippen LogP contribution in [0.25, 0.3) is 21.3 Å². The molecule has 10 heteroatoms. The number of pyridine rings is 1. The van der Waals surface area contributed by atoms with Gasteiger partial charge >= 0.3 is 0 Å². The number of carbonyl (C=O) groups is 1. The molecule has 0 saturated heterocycles. The summed E-state index contributed by atoms with van der Waals surface area (Å²) in [5.41, 5.74) is 11.6. The number of carbonyl (C=O) groups excluding carboxylic acids is 1. The Morgan fingerprint density at radius 1 is 1.29 bits per heavy atom. The molecule has 4 rings (SSSR count). The van der Waals surface area contributed by atoms with Gasteiger partial charge in [0.05, 0.1) is 21.9 Å². The molecule has 0 saturated carbocycles. The molecular formula is C21H22N6O3S. The molecule has 2 heterocycles. The molecule has 1 aromatic heterocycles. The van der Waals surface area contributed by atoms with Crippen molar-refractivity contribution < 1.29 is 13.9 Å². The molecule has 0 fully saturated rings. The van der Waals surface area contributed by atoms with Crippen molar-refractivity contribution >= 4 is 38.9 Å². The van der Waals surface area contributed by atoms with Crippen LogP contribution in [0.3, 0.4) is 0 Å². The maximum Gasteiger partial charge on any atom is 0.230 e. The second-order valence-corrected chi connectivity index (χ2v) is 9.57. The molecule has 31 heavy (non-hydrogen) atoms. The summed E-state index contributed by atoms with van der Waals surface area (Å²) in [5.74, 6) is 0.381. The number of azide groups is 1. The average Bonchev–Trinajstić information content (AvgIpc) is 2.88. The Bertz CT molecular complexity index is 1210. The van der Waals surface area contributed by atoms with Gasteiger partial charge in [-0.15, -0.1) is 0 Å². The molecule has 1 amide bonds. The summed E-state index contributed by atoms with van der Waals surface area (Å²) >= 11 is 0. The number of hydrogen-bond acceptors (Lipinski definition) is 6. The van der Waals surface area contributed by atoms with Gasteiger partial charge in [-0.25, -0.2) is 4.98 Å². The Morgan fingerprint density at radius 2 is 2.10 bits per heavy atom. The number of rotatable bonds is 4. The van der Waals surface area contributed by atoms with Gasteiger partial charge in [0.1, 0.15) is 12.4 Å². The zero-order valence-electron chi connectivity index (χ0n) is 16.9. The number of aromatic nitrogens is 1. The van der Waals surface area contributed by atoms with Crippen LogP contribution in [-0.2, 0) is 11.3 Å². The fraction of sp³-hybridized carbons (Fsp3) is 0.238. The van der Waals surface area contributed by atoms with Crippen LogP contribution < -0.4 is 10.2 Å². The van der Waals surface area contributed by atoms with Gasteiger partial charge in [0.2, 0.25) is 5.91 Å². The first-order valence-corrected chi connectivity index (χ1v) is 11.4. The third kappa shape index (κ3) is 4.42. The molecule has 0 aliphatic carbocycles. The van der Waals surface area contributed by atoms with Crippen molar-refractivity contribution in [2.75, 3.05) is 29.1 Å². The van der Waals surface area contributed by atoms with E-state index in [9.17, 15) is 13.9 Å². The van der Waals surface area contributed by atoms with E-state index in [2.05, 4.69) is 15.3 Å². The van der Waals surface area contributed by atoms with Crippen molar-refractivity contribution in [2.45, 2.75) is 18.4 Å². The van der Waals surface area contributed by atoms with E-state index >= 15 is 0 Å². The van der Waals surface area contributed by atoms with Crippen molar-refractivity contribution in [2.24, 2.45) is 5.11 Å². The highest BCUT2D eigenvalue weighted by molar-refractivity contribution is 8.24. The Hall–Kier alpha value is -3.30. The number of anilines is 2. The summed E-state index contributed by atoms with van der Waals surface area (Å²) in [7, 11) is -2.89. The fourth-order valence-corrected chi connectivity index (χ4v) is 5.20. The summed E-state index contributed by atoms with van der Waals surface area (Å²) in [4.78, 5) is 22.2. The minimum Gasteiger partial charge on any atom is -0.351 e. The molecule has 0 radical (unpaired) electrons. The zero-order valence-corrected chi connectivity index (χ0v) is 17.7. The first kappa shape index (κ1) is 21.0. The zero-order chi connectivity index (χ0) is 22.0. The lowest BCUT2D eigenvalue weighted by atomic mass is 10.1. The van der Waals surface area contributed by atoms with E-state index in [1.165, 1.54) is 0 Å². The molecule has 0 spiro atoms. The quantitative estimate of drug-likeness (QED) is 0.302. The molecule has 1 aliphatic rings. The Balaban J connectivity index is 1.76. The standard InChI is InChI=1S/C21H22N6O3S/c1-14-6-7-17-16(10-14)18(25-21(28)12-23-26-22)11-20(24-17)27-8-9-31(29,30)19-5-3-2-4-15(19)13-27/h2-7,10-11,29-30H,8-9,12-13H2,1H3,(H,24,25,28). The number of nitrogens with zero attached hydrogens (tertiary/aromatic N) is 5. The van der Waals surface area contributed by atoms with Crippen LogP contribution in [0, 0.1) is 6.92 Å². The summed E-state index contributed by atoms with van der Waals surface area (Å²) in [6, 6.07) is 14.8. The monoisotopic (exact) mass is 438 g/mol. The van der Waals surface area contributed by atoms with Gasteiger partial charge in [-0.1, -0.05) is 34.9 Å². The normalized spacial score (nSPS) is 16.0. The van der Waals surface area contributed by atoms with Crippen LogP contribution >= 0.6 is 10.6 Å². The molecular weight excluding hydrogens is 416 g/mol. The van der Waals surface area contributed by atoms with E-state index in [-0.39, 0.29) is 12.3 Å². The second kappa shape index (κ2) is 8.44. The number of benzene rings is 2. The summed E-state index contributed by atoms with van der Waals surface area (Å²) in [6.07, 6.45) is 0. The predicted molar refractivity (Wildman–Crippen MR) is 123 cm³/mol. The Morgan fingerprint density at radius 3 is 2.90 bits per heavy atom. The van der Waals surface area contributed by atoms with Gasteiger partial charge in [-0.05, 0) is 36.2 Å². The van der Waals surface area contributed by atoms with Crippen LogP contribution in [0.4, 0.5) is 11.5 Å². The Kier molecular flexibility index (Phi) is 5.71. The topological polar surface area (TPSA) is 134 Å². The molecule has 0 bridgehead atoms. The highest BCUT2D eigenvalue weighted by atomic mass is 32.3. The SMILES string of the molecule is Cc1ccc2nc(N3CCS(O)(O)c4ccccc4C3)cc(NC(=O)CN=[N+]=[N-])c2c1. The third-order valence-corrected chi connectivity index (χ3v) is 7.01. The lowest BCUT2D eigenvalue weighted by molar-refractivity contribution is -0.114. The maximum atomic E-state index is 12.2. The van der Waals surface area contributed by atoms with Gasteiger partial charge < -0.3 is 10.2 Å². The summed E-state index contributed by atoms with van der Waals surface area (Å²) < 4.78 is 21.2.